The minimum absolute atomic E-state index is 0.0464. The lowest BCUT2D eigenvalue weighted by molar-refractivity contribution is 0.0551. The first-order chi connectivity index (χ1) is 10.0. The SMILES string of the molecule is CSc1ncccc1C(=O)N1CC[C@]2(CN(C)C(=O)O2)C1. The summed E-state index contributed by atoms with van der Waals surface area (Å²) in [5.41, 5.74) is 0.0724. The van der Waals surface area contributed by atoms with E-state index in [1.54, 1.807) is 35.2 Å². The van der Waals surface area contributed by atoms with Gasteiger partial charge in [0.2, 0.25) is 0 Å². The van der Waals surface area contributed by atoms with Crippen LogP contribution in [0.4, 0.5) is 4.79 Å². The van der Waals surface area contributed by atoms with E-state index in [-0.39, 0.29) is 12.0 Å². The Morgan fingerprint density at radius 3 is 2.95 bits per heavy atom. The molecule has 0 bridgehead atoms. The van der Waals surface area contributed by atoms with Crippen LogP contribution in [0.3, 0.4) is 0 Å². The maximum atomic E-state index is 12.6. The smallest absolute Gasteiger partial charge is 0.410 e. The van der Waals surface area contributed by atoms with Crippen LogP contribution in [0, 0.1) is 0 Å². The molecule has 7 heteroatoms. The number of nitrogens with zero attached hydrogens (tertiary/aromatic N) is 3. The van der Waals surface area contributed by atoms with Gasteiger partial charge in [-0.05, 0) is 18.4 Å². The molecule has 6 nitrogen and oxygen atoms in total. The minimum atomic E-state index is -0.538. The van der Waals surface area contributed by atoms with E-state index in [0.717, 1.165) is 5.03 Å². The molecule has 2 amide bonds. The number of amides is 2. The Labute approximate surface area is 127 Å². The molecule has 0 radical (unpaired) electrons. The van der Waals surface area contributed by atoms with Gasteiger partial charge >= 0.3 is 6.09 Å². The summed E-state index contributed by atoms with van der Waals surface area (Å²) in [5, 5.41) is 0.726. The number of carbonyl (C=O) groups excluding carboxylic acids is 2. The maximum Gasteiger partial charge on any atom is 0.410 e. The van der Waals surface area contributed by atoms with Crippen molar-refractivity contribution in [3.05, 3.63) is 23.9 Å². The fourth-order valence-electron chi connectivity index (χ4n) is 2.91. The molecular formula is C14H17N3O3S. The van der Waals surface area contributed by atoms with Crippen molar-refractivity contribution in [1.29, 1.82) is 0 Å². The van der Waals surface area contributed by atoms with E-state index in [9.17, 15) is 9.59 Å². The largest absolute Gasteiger partial charge is 0.439 e. The van der Waals surface area contributed by atoms with Gasteiger partial charge in [-0.25, -0.2) is 9.78 Å². The highest BCUT2D eigenvalue weighted by Crippen LogP contribution is 2.33. The Balaban J connectivity index is 1.77. The lowest BCUT2D eigenvalue weighted by Crippen LogP contribution is -2.39. The molecule has 3 rings (SSSR count). The maximum absolute atomic E-state index is 12.6. The molecule has 0 aliphatic carbocycles. The first kappa shape index (κ1) is 14.2. The number of hydrogen-bond acceptors (Lipinski definition) is 5. The molecule has 2 aliphatic heterocycles. The standard InChI is InChI=1S/C14H17N3O3S/c1-16-8-14(20-13(16)19)5-7-17(9-14)12(18)10-4-3-6-15-11(10)21-2/h3-4,6H,5,7-9H2,1-2H3/t14-/m0/s1. The number of thioether (sulfide) groups is 1. The monoisotopic (exact) mass is 307 g/mol. The topological polar surface area (TPSA) is 62.7 Å². The van der Waals surface area contributed by atoms with Crippen molar-refractivity contribution in [3.8, 4) is 0 Å². The highest BCUT2D eigenvalue weighted by Gasteiger charge is 2.49. The average Bonchev–Trinajstić information content (AvgIpc) is 3.02. The van der Waals surface area contributed by atoms with Crippen molar-refractivity contribution in [2.24, 2.45) is 0 Å². The van der Waals surface area contributed by atoms with E-state index in [2.05, 4.69) is 4.98 Å². The summed E-state index contributed by atoms with van der Waals surface area (Å²) in [7, 11) is 1.72. The molecule has 0 saturated carbocycles. The predicted molar refractivity (Wildman–Crippen MR) is 78.4 cm³/mol. The molecule has 1 aromatic rings. The molecule has 0 N–H and O–H groups in total. The van der Waals surface area contributed by atoms with Crippen LogP contribution in [0.5, 0.6) is 0 Å². The summed E-state index contributed by atoms with van der Waals surface area (Å²) in [6.45, 7) is 1.59. The second kappa shape index (κ2) is 5.22. The summed E-state index contributed by atoms with van der Waals surface area (Å²) in [4.78, 5) is 31.8. The zero-order valence-electron chi connectivity index (χ0n) is 12.0. The zero-order valence-corrected chi connectivity index (χ0v) is 12.9. The van der Waals surface area contributed by atoms with Gasteiger partial charge in [0.1, 0.15) is 5.03 Å². The third kappa shape index (κ3) is 2.46. The second-order valence-electron chi connectivity index (χ2n) is 5.44. The normalized spacial score (nSPS) is 24.8. The molecule has 2 fully saturated rings. The summed E-state index contributed by atoms with van der Waals surface area (Å²) >= 11 is 1.45. The summed E-state index contributed by atoms with van der Waals surface area (Å²) in [6, 6.07) is 3.56. The van der Waals surface area contributed by atoms with Crippen molar-refractivity contribution < 1.29 is 14.3 Å². The lowest BCUT2D eigenvalue weighted by atomic mass is 10.0. The number of likely N-dealkylation sites (N-methyl/N-ethyl adjacent to an activating group) is 1. The van der Waals surface area contributed by atoms with Gasteiger partial charge in [-0.1, -0.05) is 0 Å². The Morgan fingerprint density at radius 2 is 2.29 bits per heavy atom. The molecule has 1 spiro atoms. The van der Waals surface area contributed by atoms with Crippen molar-refractivity contribution in [2.45, 2.75) is 17.0 Å². The molecule has 2 saturated heterocycles. The molecule has 3 heterocycles. The van der Waals surface area contributed by atoms with Gasteiger partial charge in [0.05, 0.1) is 18.7 Å². The fourth-order valence-corrected chi connectivity index (χ4v) is 3.45. The van der Waals surface area contributed by atoms with Gasteiger partial charge in [-0.3, -0.25) is 4.79 Å². The third-order valence-electron chi connectivity index (χ3n) is 3.94. The quantitative estimate of drug-likeness (QED) is 0.774. The van der Waals surface area contributed by atoms with Gasteiger partial charge in [0, 0.05) is 26.2 Å². The predicted octanol–water partition coefficient (Wildman–Crippen LogP) is 1.47. The Morgan fingerprint density at radius 1 is 1.48 bits per heavy atom. The molecule has 0 aromatic carbocycles. The van der Waals surface area contributed by atoms with Crippen molar-refractivity contribution in [2.75, 3.05) is 32.9 Å². The summed E-state index contributed by atoms with van der Waals surface area (Å²) < 4.78 is 5.47. The van der Waals surface area contributed by atoms with E-state index >= 15 is 0 Å². The van der Waals surface area contributed by atoms with Gasteiger partial charge in [-0.2, -0.15) is 0 Å². The van der Waals surface area contributed by atoms with E-state index in [0.29, 0.717) is 31.6 Å². The fraction of sp³-hybridized carbons (Fsp3) is 0.500. The molecule has 112 valence electrons. The summed E-state index contributed by atoms with van der Waals surface area (Å²) in [5.74, 6) is -0.0464. The highest BCUT2D eigenvalue weighted by atomic mass is 32.2. The van der Waals surface area contributed by atoms with Gasteiger partial charge in [0.25, 0.3) is 5.91 Å². The number of aromatic nitrogens is 1. The van der Waals surface area contributed by atoms with E-state index in [4.69, 9.17) is 4.74 Å². The molecule has 21 heavy (non-hydrogen) atoms. The third-order valence-corrected chi connectivity index (χ3v) is 4.65. The highest BCUT2D eigenvalue weighted by molar-refractivity contribution is 7.98. The molecular weight excluding hydrogens is 290 g/mol. The molecule has 2 aliphatic rings. The van der Waals surface area contributed by atoms with Crippen LogP contribution in [-0.2, 0) is 4.74 Å². The number of ether oxygens (including phenoxy) is 1. The Kier molecular flexibility index (Phi) is 3.52. The van der Waals surface area contributed by atoms with Crippen molar-refractivity contribution in [3.63, 3.8) is 0 Å². The minimum Gasteiger partial charge on any atom is -0.439 e. The number of likely N-dealkylation sites (tertiary alicyclic amines) is 1. The van der Waals surface area contributed by atoms with Crippen LogP contribution in [0.1, 0.15) is 16.8 Å². The zero-order chi connectivity index (χ0) is 15.0. The van der Waals surface area contributed by atoms with Crippen molar-refractivity contribution in [1.82, 2.24) is 14.8 Å². The Hall–Kier alpha value is -1.76. The van der Waals surface area contributed by atoms with E-state index < -0.39 is 5.60 Å². The van der Waals surface area contributed by atoms with Gasteiger partial charge in [-0.15, -0.1) is 11.8 Å². The first-order valence-electron chi connectivity index (χ1n) is 6.77. The second-order valence-corrected chi connectivity index (χ2v) is 6.24. The van der Waals surface area contributed by atoms with Crippen LogP contribution in [0.25, 0.3) is 0 Å². The van der Waals surface area contributed by atoms with Gasteiger partial charge < -0.3 is 14.5 Å². The number of pyridine rings is 1. The van der Waals surface area contributed by atoms with Crippen molar-refractivity contribution >= 4 is 23.8 Å². The summed E-state index contributed by atoms with van der Waals surface area (Å²) in [6.07, 6.45) is 3.96. The van der Waals surface area contributed by atoms with Crippen LogP contribution in [0.2, 0.25) is 0 Å². The van der Waals surface area contributed by atoms with Crippen LogP contribution in [0.15, 0.2) is 23.4 Å². The first-order valence-corrected chi connectivity index (χ1v) is 7.99. The van der Waals surface area contributed by atoms with E-state index in [1.807, 2.05) is 6.26 Å². The number of rotatable bonds is 2. The average molecular weight is 307 g/mol. The molecule has 1 aromatic heterocycles. The van der Waals surface area contributed by atoms with Gasteiger partial charge in [0.15, 0.2) is 5.60 Å². The van der Waals surface area contributed by atoms with E-state index in [1.165, 1.54) is 11.8 Å². The Bertz CT molecular complexity index is 595. The van der Waals surface area contributed by atoms with Crippen LogP contribution >= 0.6 is 11.8 Å². The van der Waals surface area contributed by atoms with Crippen LogP contribution in [-0.4, -0.2) is 65.3 Å². The lowest BCUT2D eigenvalue weighted by Gasteiger charge is -2.22. The molecule has 1 atom stereocenters. The molecule has 0 unspecified atom stereocenters. The van der Waals surface area contributed by atoms with Crippen LogP contribution < -0.4 is 0 Å². The number of carbonyl (C=O) groups is 2. The number of hydrogen-bond donors (Lipinski definition) is 0.